The van der Waals surface area contributed by atoms with Crippen molar-refractivity contribution in [3.8, 4) is 5.75 Å². The van der Waals surface area contributed by atoms with Crippen LogP contribution in [-0.2, 0) is 0 Å². The standard InChI is InChI=1S/C20H26N2O2/c1-3-14-13-21-10-8-15(14)4-7-20(23)17-9-11-22-19-6-5-16(24-2)12-18(17)19/h5-6,9,11-12,14-15,21H,3-4,7-8,10,13H2,1-2H3/t14-,15+/m0/s1. The lowest BCUT2D eigenvalue weighted by Crippen LogP contribution is -2.36. The Morgan fingerprint density at radius 3 is 3.00 bits per heavy atom. The van der Waals surface area contributed by atoms with Crippen LogP contribution in [0.3, 0.4) is 0 Å². The summed E-state index contributed by atoms with van der Waals surface area (Å²) in [7, 11) is 1.64. The van der Waals surface area contributed by atoms with Gasteiger partial charge in [0.25, 0.3) is 0 Å². The second kappa shape index (κ2) is 7.75. The molecule has 1 aromatic heterocycles. The summed E-state index contributed by atoms with van der Waals surface area (Å²) in [6, 6.07) is 7.54. The highest BCUT2D eigenvalue weighted by Crippen LogP contribution is 2.28. The fourth-order valence-electron chi connectivity index (χ4n) is 3.78. The summed E-state index contributed by atoms with van der Waals surface area (Å²) in [6.07, 6.45) is 5.67. The summed E-state index contributed by atoms with van der Waals surface area (Å²) in [5.41, 5.74) is 1.61. The number of rotatable bonds is 6. The Kier molecular flexibility index (Phi) is 5.46. The largest absolute Gasteiger partial charge is 0.497 e. The fourth-order valence-corrected chi connectivity index (χ4v) is 3.78. The summed E-state index contributed by atoms with van der Waals surface area (Å²) < 4.78 is 5.29. The van der Waals surface area contributed by atoms with Crippen LogP contribution in [0.5, 0.6) is 5.75 Å². The van der Waals surface area contributed by atoms with Crippen molar-refractivity contribution in [2.24, 2.45) is 11.8 Å². The molecule has 1 saturated heterocycles. The lowest BCUT2D eigenvalue weighted by Gasteiger charge is -2.31. The summed E-state index contributed by atoms with van der Waals surface area (Å²) >= 11 is 0. The molecule has 0 bridgehead atoms. The molecule has 0 amide bonds. The third-order valence-corrected chi connectivity index (χ3v) is 5.28. The number of carbonyl (C=O) groups excluding carboxylic acids is 1. The minimum atomic E-state index is 0.212. The number of benzene rings is 1. The SMILES string of the molecule is CC[C@H]1CNCC[C@H]1CCC(=O)c1ccnc2ccc(OC)cc12. The number of ketones is 1. The molecule has 2 atom stereocenters. The van der Waals surface area contributed by atoms with Gasteiger partial charge in [0, 0.05) is 23.6 Å². The Morgan fingerprint density at radius 2 is 2.21 bits per heavy atom. The van der Waals surface area contributed by atoms with Crippen molar-refractivity contribution in [1.82, 2.24) is 10.3 Å². The van der Waals surface area contributed by atoms with Gasteiger partial charge in [0.05, 0.1) is 12.6 Å². The van der Waals surface area contributed by atoms with Gasteiger partial charge in [0.2, 0.25) is 0 Å². The molecule has 2 heterocycles. The highest BCUT2D eigenvalue weighted by Gasteiger charge is 2.24. The lowest BCUT2D eigenvalue weighted by atomic mass is 9.81. The second-order valence-electron chi connectivity index (χ2n) is 6.62. The van der Waals surface area contributed by atoms with Crippen LogP contribution >= 0.6 is 0 Å². The number of nitrogens with zero attached hydrogens (tertiary/aromatic N) is 1. The Morgan fingerprint density at radius 1 is 1.33 bits per heavy atom. The number of fused-ring (bicyclic) bond motifs is 1. The average molecular weight is 326 g/mol. The highest BCUT2D eigenvalue weighted by atomic mass is 16.5. The van der Waals surface area contributed by atoms with Crippen molar-refractivity contribution in [3.05, 3.63) is 36.0 Å². The van der Waals surface area contributed by atoms with Crippen LogP contribution in [0.2, 0.25) is 0 Å². The Bertz CT molecular complexity index is 714. The number of hydrogen-bond acceptors (Lipinski definition) is 4. The number of pyridine rings is 1. The second-order valence-corrected chi connectivity index (χ2v) is 6.62. The zero-order valence-corrected chi connectivity index (χ0v) is 14.5. The molecule has 1 fully saturated rings. The molecule has 1 aliphatic rings. The topological polar surface area (TPSA) is 51.2 Å². The first kappa shape index (κ1) is 16.9. The van der Waals surface area contributed by atoms with Gasteiger partial charge >= 0.3 is 0 Å². The molecule has 0 unspecified atom stereocenters. The molecular weight excluding hydrogens is 300 g/mol. The Hall–Kier alpha value is -1.94. The van der Waals surface area contributed by atoms with Gasteiger partial charge in [-0.25, -0.2) is 0 Å². The third-order valence-electron chi connectivity index (χ3n) is 5.28. The molecule has 0 saturated carbocycles. The van der Waals surface area contributed by atoms with Gasteiger partial charge in [-0.3, -0.25) is 9.78 Å². The molecule has 0 radical (unpaired) electrons. The van der Waals surface area contributed by atoms with Gasteiger partial charge < -0.3 is 10.1 Å². The van der Waals surface area contributed by atoms with E-state index < -0.39 is 0 Å². The molecular formula is C20H26N2O2. The number of methoxy groups -OCH3 is 1. The first-order chi connectivity index (χ1) is 11.7. The normalized spacial score (nSPS) is 20.9. The van der Waals surface area contributed by atoms with Crippen LogP contribution in [0, 0.1) is 11.8 Å². The van der Waals surface area contributed by atoms with E-state index in [2.05, 4.69) is 17.2 Å². The van der Waals surface area contributed by atoms with Crippen LogP contribution in [0.15, 0.2) is 30.5 Å². The van der Waals surface area contributed by atoms with Crippen LogP contribution in [-0.4, -0.2) is 31.0 Å². The van der Waals surface area contributed by atoms with Gasteiger partial charge in [-0.05, 0) is 62.0 Å². The molecule has 1 aliphatic heterocycles. The first-order valence-corrected chi connectivity index (χ1v) is 8.89. The van der Waals surface area contributed by atoms with Crippen LogP contribution in [0.1, 0.15) is 43.0 Å². The molecule has 1 aromatic carbocycles. The summed E-state index contributed by atoms with van der Waals surface area (Å²) in [5, 5.41) is 4.35. The number of piperidine rings is 1. The van der Waals surface area contributed by atoms with Gasteiger partial charge in [0.15, 0.2) is 5.78 Å². The molecule has 0 spiro atoms. The minimum absolute atomic E-state index is 0.212. The maximum absolute atomic E-state index is 12.8. The van der Waals surface area contributed by atoms with Gasteiger partial charge in [-0.1, -0.05) is 13.3 Å². The van der Waals surface area contributed by atoms with Gasteiger partial charge in [-0.15, -0.1) is 0 Å². The maximum Gasteiger partial charge on any atom is 0.163 e. The van der Waals surface area contributed by atoms with Gasteiger partial charge in [0.1, 0.15) is 5.75 Å². The number of hydrogen-bond donors (Lipinski definition) is 1. The molecule has 3 rings (SSSR count). The molecule has 128 valence electrons. The zero-order valence-electron chi connectivity index (χ0n) is 14.5. The van der Waals surface area contributed by atoms with E-state index >= 15 is 0 Å². The summed E-state index contributed by atoms with van der Waals surface area (Å²) in [4.78, 5) is 17.2. The summed E-state index contributed by atoms with van der Waals surface area (Å²) in [6.45, 7) is 4.41. The van der Waals surface area contributed by atoms with E-state index in [-0.39, 0.29) is 5.78 Å². The van der Waals surface area contributed by atoms with Crippen molar-refractivity contribution in [3.63, 3.8) is 0 Å². The number of Topliss-reactive ketones (excluding diaryl/α,β-unsaturated/α-hetero) is 1. The Balaban J connectivity index is 1.76. The van der Waals surface area contributed by atoms with Crippen molar-refractivity contribution in [2.45, 2.75) is 32.6 Å². The van der Waals surface area contributed by atoms with E-state index in [0.29, 0.717) is 18.3 Å². The molecule has 0 aliphatic carbocycles. The first-order valence-electron chi connectivity index (χ1n) is 8.89. The van der Waals surface area contributed by atoms with Crippen LogP contribution in [0.4, 0.5) is 0 Å². The van der Waals surface area contributed by atoms with Crippen molar-refractivity contribution < 1.29 is 9.53 Å². The van der Waals surface area contributed by atoms with Crippen molar-refractivity contribution >= 4 is 16.7 Å². The average Bonchev–Trinajstić information content (AvgIpc) is 2.65. The van der Waals surface area contributed by atoms with Crippen LogP contribution in [0.25, 0.3) is 10.9 Å². The monoisotopic (exact) mass is 326 g/mol. The van der Waals surface area contributed by atoms with E-state index in [1.165, 1.54) is 12.8 Å². The van der Waals surface area contributed by atoms with E-state index in [1.54, 1.807) is 13.3 Å². The lowest BCUT2D eigenvalue weighted by molar-refractivity contribution is 0.0963. The van der Waals surface area contributed by atoms with Crippen LogP contribution < -0.4 is 10.1 Å². The molecule has 2 aromatic rings. The smallest absolute Gasteiger partial charge is 0.163 e. The minimum Gasteiger partial charge on any atom is -0.497 e. The highest BCUT2D eigenvalue weighted by molar-refractivity contribution is 6.07. The summed E-state index contributed by atoms with van der Waals surface area (Å²) in [5.74, 6) is 2.32. The maximum atomic E-state index is 12.8. The number of aromatic nitrogens is 1. The zero-order chi connectivity index (χ0) is 16.9. The van der Waals surface area contributed by atoms with Crippen molar-refractivity contribution in [1.29, 1.82) is 0 Å². The molecule has 1 N–H and O–H groups in total. The predicted octanol–water partition coefficient (Wildman–Crippen LogP) is 3.84. The molecule has 4 heteroatoms. The van der Waals surface area contributed by atoms with E-state index in [4.69, 9.17) is 4.74 Å². The van der Waals surface area contributed by atoms with E-state index in [1.807, 2.05) is 24.3 Å². The van der Waals surface area contributed by atoms with Gasteiger partial charge in [-0.2, -0.15) is 0 Å². The third kappa shape index (κ3) is 3.59. The predicted molar refractivity (Wildman–Crippen MR) is 96.6 cm³/mol. The van der Waals surface area contributed by atoms with E-state index in [9.17, 15) is 4.79 Å². The molecule has 4 nitrogen and oxygen atoms in total. The quantitative estimate of drug-likeness (QED) is 0.819. The van der Waals surface area contributed by atoms with Crippen molar-refractivity contribution in [2.75, 3.05) is 20.2 Å². The number of carbonyl (C=O) groups is 1. The Labute approximate surface area is 143 Å². The molecule has 24 heavy (non-hydrogen) atoms. The van der Waals surface area contributed by atoms with E-state index in [0.717, 1.165) is 41.7 Å². The number of nitrogens with one attached hydrogen (secondary N) is 1. The fraction of sp³-hybridized carbons (Fsp3) is 0.500. The number of ether oxygens (including phenoxy) is 1.